The first-order valence-corrected chi connectivity index (χ1v) is 10.0. The average molecular weight is 373 g/mol. The van der Waals surface area contributed by atoms with Gasteiger partial charge in [-0.05, 0) is 23.4 Å². The van der Waals surface area contributed by atoms with Crippen LogP contribution in [-0.4, -0.2) is 34.7 Å². The topological polar surface area (TPSA) is 40.6 Å². The Morgan fingerprint density at radius 2 is 1.73 bits per heavy atom. The van der Waals surface area contributed by atoms with Crippen molar-refractivity contribution in [1.29, 1.82) is 0 Å². The van der Waals surface area contributed by atoms with Crippen molar-refractivity contribution in [2.45, 2.75) is 40.3 Å². The van der Waals surface area contributed by atoms with E-state index < -0.39 is 0 Å². The summed E-state index contributed by atoms with van der Waals surface area (Å²) < 4.78 is 0. The maximum Gasteiger partial charge on any atom is 0.242 e. The second-order valence-corrected chi connectivity index (χ2v) is 7.76. The maximum absolute atomic E-state index is 13.0. The number of benzene rings is 1. The Morgan fingerprint density at radius 1 is 1.00 bits per heavy atom. The smallest absolute Gasteiger partial charge is 0.242 e. The number of carbonyl (C=O) groups is 2. The van der Waals surface area contributed by atoms with Crippen LogP contribution < -0.4 is 0 Å². The van der Waals surface area contributed by atoms with Gasteiger partial charge in [-0.1, -0.05) is 57.2 Å². The minimum absolute atomic E-state index is 0.00953. The molecule has 1 aromatic heterocycles. The van der Waals surface area contributed by atoms with Crippen LogP contribution in [0.1, 0.15) is 37.6 Å². The van der Waals surface area contributed by atoms with Crippen LogP contribution in [0.15, 0.2) is 47.8 Å². The van der Waals surface area contributed by atoms with Crippen molar-refractivity contribution in [3.63, 3.8) is 0 Å². The van der Waals surface area contributed by atoms with Gasteiger partial charge in [0.05, 0.1) is 13.1 Å². The van der Waals surface area contributed by atoms with Crippen molar-refractivity contribution in [2.24, 2.45) is 5.92 Å². The molecule has 26 heavy (non-hydrogen) atoms. The van der Waals surface area contributed by atoms with Gasteiger partial charge in [-0.15, -0.1) is 11.3 Å². The van der Waals surface area contributed by atoms with Crippen LogP contribution >= 0.6 is 11.3 Å². The van der Waals surface area contributed by atoms with E-state index >= 15 is 0 Å². The minimum atomic E-state index is -0.103. The van der Waals surface area contributed by atoms with E-state index in [0.29, 0.717) is 19.6 Å². The number of hydrogen-bond acceptors (Lipinski definition) is 3. The normalized spacial score (nSPS) is 10.8. The summed E-state index contributed by atoms with van der Waals surface area (Å²) in [5.41, 5.74) is 1.09. The first-order valence-electron chi connectivity index (χ1n) is 9.14. The average Bonchev–Trinajstić information content (AvgIpc) is 3.14. The van der Waals surface area contributed by atoms with Gasteiger partial charge < -0.3 is 9.80 Å². The summed E-state index contributed by atoms with van der Waals surface area (Å²) in [4.78, 5) is 30.1. The van der Waals surface area contributed by atoms with Crippen molar-refractivity contribution >= 4 is 23.2 Å². The quantitative estimate of drug-likeness (QED) is 0.663. The lowest BCUT2D eigenvalue weighted by molar-refractivity contribution is -0.143. The van der Waals surface area contributed by atoms with Crippen LogP contribution in [0.3, 0.4) is 0 Å². The summed E-state index contributed by atoms with van der Waals surface area (Å²) in [6.45, 7) is 7.66. The molecule has 2 aromatic rings. The second kappa shape index (κ2) is 10.1. The van der Waals surface area contributed by atoms with E-state index in [1.54, 1.807) is 16.2 Å². The molecule has 0 saturated heterocycles. The van der Waals surface area contributed by atoms with Gasteiger partial charge in [-0.2, -0.15) is 0 Å². The molecular formula is C21H28N2O2S. The molecule has 2 amide bonds. The highest BCUT2D eigenvalue weighted by molar-refractivity contribution is 7.09. The van der Waals surface area contributed by atoms with Crippen molar-refractivity contribution in [2.75, 3.05) is 13.1 Å². The summed E-state index contributed by atoms with van der Waals surface area (Å²) >= 11 is 1.65. The molecule has 0 bridgehead atoms. The lowest BCUT2D eigenvalue weighted by atomic mass is 10.1. The van der Waals surface area contributed by atoms with E-state index in [9.17, 15) is 9.59 Å². The van der Waals surface area contributed by atoms with E-state index in [2.05, 4.69) is 0 Å². The van der Waals surface area contributed by atoms with Gasteiger partial charge in [0.15, 0.2) is 0 Å². The number of nitrogens with zero attached hydrogens (tertiary/aromatic N) is 2. The number of thiophene rings is 1. The predicted octanol–water partition coefficient (Wildman–Crippen LogP) is 4.17. The van der Waals surface area contributed by atoms with Crippen molar-refractivity contribution < 1.29 is 9.59 Å². The third-order valence-corrected chi connectivity index (χ3v) is 4.98. The molecule has 0 saturated carbocycles. The lowest BCUT2D eigenvalue weighted by Gasteiger charge is -2.28. The van der Waals surface area contributed by atoms with Gasteiger partial charge in [-0.3, -0.25) is 9.59 Å². The zero-order valence-corrected chi connectivity index (χ0v) is 16.7. The molecule has 1 aromatic carbocycles. The largest absolute Gasteiger partial charge is 0.333 e. The number of rotatable bonds is 9. The van der Waals surface area contributed by atoms with Crippen molar-refractivity contribution in [3.8, 4) is 0 Å². The molecule has 0 atom stereocenters. The Kier molecular flexibility index (Phi) is 7.85. The third kappa shape index (κ3) is 5.99. The van der Waals surface area contributed by atoms with Gasteiger partial charge >= 0.3 is 0 Å². The van der Waals surface area contributed by atoms with Gasteiger partial charge in [0.1, 0.15) is 0 Å². The third-order valence-electron chi connectivity index (χ3n) is 4.12. The van der Waals surface area contributed by atoms with Gasteiger partial charge in [0.2, 0.25) is 11.8 Å². The maximum atomic E-state index is 13.0. The first-order chi connectivity index (χ1) is 12.5. The molecule has 0 aliphatic heterocycles. The summed E-state index contributed by atoms with van der Waals surface area (Å²) in [7, 11) is 0. The Labute approximate surface area is 160 Å². The van der Waals surface area contributed by atoms with Gasteiger partial charge in [0, 0.05) is 23.9 Å². The monoisotopic (exact) mass is 372 g/mol. The summed E-state index contributed by atoms with van der Waals surface area (Å²) in [5.74, 6) is -0.0742. The van der Waals surface area contributed by atoms with Gasteiger partial charge in [-0.25, -0.2) is 0 Å². The number of carbonyl (C=O) groups excluding carboxylic acids is 2. The summed E-state index contributed by atoms with van der Waals surface area (Å²) in [6, 6.07) is 14.0. The molecule has 0 radical (unpaired) electrons. The highest BCUT2D eigenvalue weighted by Gasteiger charge is 2.23. The molecule has 5 heteroatoms. The molecule has 0 spiro atoms. The molecule has 2 rings (SSSR count). The Morgan fingerprint density at radius 3 is 2.31 bits per heavy atom. The second-order valence-electron chi connectivity index (χ2n) is 6.73. The lowest BCUT2D eigenvalue weighted by Crippen LogP contribution is -2.44. The minimum Gasteiger partial charge on any atom is -0.333 e. The van der Waals surface area contributed by atoms with Crippen LogP contribution in [0, 0.1) is 5.92 Å². The van der Waals surface area contributed by atoms with Crippen LogP contribution in [0.25, 0.3) is 0 Å². The molecule has 0 aliphatic carbocycles. The van der Waals surface area contributed by atoms with E-state index in [0.717, 1.165) is 16.9 Å². The zero-order valence-electron chi connectivity index (χ0n) is 15.9. The van der Waals surface area contributed by atoms with E-state index in [-0.39, 0.29) is 24.3 Å². The summed E-state index contributed by atoms with van der Waals surface area (Å²) in [6.07, 6.45) is 0.843. The molecule has 140 valence electrons. The molecule has 0 unspecified atom stereocenters. The molecule has 0 fully saturated rings. The Hall–Kier alpha value is -2.14. The fourth-order valence-corrected chi connectivity index (χ4v) is 3.51. The van der Waals surface area contributed by atoms with Crippen LogP contribution in [0.2, 0.25) is 0 Å². The number of amides is 2. The first kappa shape index (κ1) is 20.2. The van der Waals surface area contributed by atoms with E-state index in [1.807, 2.05) is 73.5 Å². The molecule has 1 heterocycles. The van der Waals surface area contributed by atoms with Crippen LogP contribution in [0.4, 0.5) is 0 Å². The summed E-state index contributed by atoms with van der Waals surface area (Å²) in [5, 5.41) is 2.02. The molecule has 4 nitrogen and oxygen atoms in total. The van der Waals surface area contributed by atoms with Crippen molar-refractivity contribution in [3.05, 3.63) is 58.3 Å². The highest BCUT2D eigenvalue weighted by atomic mass is 32.1. The Balaban J connectivity index is 2.13. The fraction of sp³-hybridized carbons (Fsp3) is 0.429. The molecule has 0 aliphatic rings. The predicted molar refractivity (Wildman–Crippen MR) is 107 cm³/mol. The number of hydrogen-bond donors (Lipinski definition) is 0. The highest BCUT2D eigenvalue weighted by Crippen LogP contribution is 2.15. The van der Waals surface area contributed by atoms with Gasteiger partial charge in [0.25, 0.3) is 0 Å². The Bertz CT molecular complexity index is 683. The molecule has 0 N–H and O–H groups in total. The SMILES string of the molecule is CCCN(CC(=O)N(Cc1ccccc1)Cc1cccs1)C(=O)C(C)C. The standard InChI is InChI=1S/C21H28N2O2S/c1-4-12-22(21(25)17(2)3)16-20(24)23(15-19-11-8-13-26-19)14-18-9-6-5-7-10-18/h5-11,13,17H,4,12,14-16H2,1-3H3. The molecular weight excluding hydrogens is 344 g/mol. The zero-order chi connectivity index (χ0) is 18.9. The van der Waals surface area contributed by atoms with Crippen molar-refractivity contribution in [1.82, 2.24) is 9.80 Å². The van der Waals surface area contributed by atoms with E-state index in [1.165, 1.54) is 0 Å². The van der Waals surface area contributed by atoms with Crippen LogP contribution in [-0.2, 0) is 22.7 Å². The van der Waals surface area contributed by atoms with Crippen LogP contribution in [0.5, 0.6) is 0 Å². The fourth-order valence-electron chi connectivity index (χ4n) is 2.79. The van der Waals surface area contributed by atoms with E-state index in [4.69, 9.17) is 0 Å².